The lowest BCUT2D eigenvalue weighted by molar-refractivity contribution is -0.141. The second kappa shape index (κ2) is 11.0. The molecule has 36 heavy (non-hydrogen) atoms. The van der Waals surface area contributed by atoms with Gasteiger partial charge >= 0.3 is 5.97 Å². The molecule has 1 aromatic heterocycles. The first-order valence-corrected chi connectivity index (χ1v) is 11.5. The van der Waals surface area contributed by atoms with Crippen LogP contribution >= 0.6 is 0 Å². The van der Waals surface area contributed by atoms with Crippen LogP contribution in [0.1, 0.15) is 32.1 Å². The summed E-state index contributed by atoms with van der Waals surface area (Å²) in [5.41, 5.74) is 2.49. The lowest BCUT2D eigenvalue weighted by Gasteiger charge is -2.27. The van der Waals surface area contributed by atoms with Crippen molar-refractivity contribution in [3.05, 3.63) is 77.1 Å². The number of benzene rings is 2. The molecule has 3 aromatic rings. The third kappa shape index (κ3) is 5.68. The number of para-hydroxylation sites is 2. The van der Waals surface area contributed by atoms with Crippen molar-refractivity contribution in [1.82, 2.24) is 9.88 Å². The number of carbonyl (C=O) groups excluding carboxylic acids is 3. The summed E-state index contributed by atoms with van der Waals surface area (Å²) in [7, 11) is 1.53. The summed E-state index contributed by atoms with van der Waals surface area (Å²) in [4.78, 5) is 37.0. The summed E-state index contributed by atoms with van der Waals surface area (Å²) in [5.74, 6) is 0.571. The van der Waals surface area contributed by atoms with Crippen LogP contribution in [0.2, 0.25) is 0 Å². The Labute approximate surface area is 208 Å². The monoisotopic (exact) mass is 492 g/mol. The fourth-order valence-electron chi connectivity index (χ4n) is 3.99. The van der Waals surface area contributed by atoms with Crippen LogP contribution in [0.5, 0.6) is 17.2 Å². The van der Waals surface area contributed by atoms with E-state index in [1.165, 1.54) is 7.11 Å². The second-order valence-electron chi connectivity index (χ2n) is 8.39. The smallest absolute Gasteiger partial charge is 0.325 e. The van der Waals surface area contributed by atoms with Crippen molar-refractivity contribution < 1.29 is 33.3 Å². The molecule has 2 aromatic carbocycles. The average Bonchev–Trinajstić information content (AvgIpc) is 3.18. The summed E-state index contributed by atoms with van der Waals surface area (Å²) in [6.45, 7) is 3.89. The molecule has 0 saturated heterocycles. The van der Waals surface area contributed by atoms with Gasteiger partial charge < -0.3 is 28.8 Å². The number of aryl methyl sites for hydroxylation is 1. The van der Waals surface area contributed by atoms with Gasteiger partial charge in [0.25, 0.3) is 5.91 Å². The number of ketones is 1. The van der Waals surface area contributed by atoms with Crippen molar-refractivity contribution in [3.63, 3.8) is 0 Å². The molecule has 9 heteroatoms. The van der Waals surface area contributed by atoms with E-state index in [-0.39, 0.29) is 18.4 Å². The van der Waals surface area contributed by atoms with Crippen molar-refractivity contribution in [3.8, 4) is 17.2 Å². The number of aromatic nitrogens is 1. The van der Waals surface area contributed by atoms with Gasteiger partial charge in [0.1, 0.15) is 18.9 Å². The number of amides is 1. The summed E-state index contributed by atoms with van der Waals surface area (Å²) in [6.07, 6.45) is -0.209. The average molecular weight is 493 g/mol. The maximum Gasteiger partial charge on any atom is 0.325 e. The number of rotatable bonds is 9. The van der Waals surface area contributed by atoms with E-state index in [1.54, 1.807) is 30.3 Å². The highest BCUT2D eigenvalue weighted by Crippen LogP contribution is 2.31. The van der Waals surface area contributed by atoms with Crippen LogP contribution in [0.25, 0.3) is 0 Å². The SMILES string of the molecule is COc1ccc(C(=O)NCC(=O)OCC(=O)c2cc(C)n(C[C@H]3COc4ccccc4O3)c2C)cc1. The number of ether oxygens (including phenoxy) is 4. The first-order chi connectivity index (χ1) is 17.4. The molecule has 0 saturated carbocycles. The number of hydrogen-bond acceptors (Lipinski definition) is 7. The minimum absolute atomic E-state index is 0.209. The quantitative estimate of drug-likeness (QED) is 0.361. The van der Waals surface area contributed by atoms with Crippen molar-refractivity contribution in [2.75, 3.05) is 26.9 Å². The largest absolute Gasteiger partial charge is 0.497 e. The van der Waals surface area contributed by atoms with Crippen molar-refractivity contribution in [2.24, 2.45) is 0 Å². The van der Waals surface area contributed by atoms with Gasteiger partial charge in [0.2, 0.25) is 5.78 Å². The maximum absolute atomic E-state index is 12.8. The number of methoxy groups -OCH3 is 1. The highest BCUT2D eigenvalue weighted by Gasteiger charge is 2.24. The second-order valence-corrected chi connectivity index (χ2v) is 8.39. The zero-order valence-corrected chi connectivity index (χ0v) is 20.4. The number of Topliss-reactive ketones (excluding diaryl/α,β-unsaturated/α-hetero) is 1. The minimum Gasteiger partial charge on any atom is -0.497 e. The Morgan fingerprint density at radius 3 is 2.50 bits per heavy atom. The topological polar surface area (TPSA) is 105 Å². The molecule has 1 atom stereocenters. The molecule has 0 fully saturated rings. The van der Waals surface area contributed by atoms with Gasteiger partial charge in [-0.05, 0) is 56.3 Å². The molecule has 1 aliphatic rings. The summed E-state index contributed by atoms with van der Waals surface area (Å²) < 4.78 is 24.0. The van der Waals surface area contributed by atoms with Crippen molar-refractivity contribution >= 4 is 17.7 Å². The Morgan fingerprint density at radius 1 is 1.06 bits per heavy atom. The molecule has 188 valence electrons. The molecular formula is C27H28N2O7. The minimum atomic E-state index is -0.703. The molecule has 1 N–H and O–H groups in total. The molecule has 2 heterocycles. The van der Waals surface area contributed by atoms with E-state index in [9.17, 15) is 14.4 Å². The fourth-order valence-corrected chi connectivity index (χ4v) is 3.99. The first kappa shape index (κ1) is 24.8. The van der Waals surface area contributed by atoms with Gasteiger partial charge in [-0.2, -0.15) is 0 Å². The van der Waals surface area contributed by atoms with E-state index in [2.05, 4.69) is 5.32 Å². The Bertz CT molecular complexity index is 1260. The predicted octanol–water partition coefficient (Wildman–Crippen LogP) is 3.11. The molecule has 0 aliphatic carbocycles. The number of hydrogen-bond donors (Lipinski definition) is 1. The van der Waals surface area contributed by atoms with Crippen molar-refractivity contribution in [2.45, 2.75) is 26.5 Å². The lowest BCUT2D eigenvalue weighted by atomic mass is 10.1. The fraction of sp³-hybridized carbons (Fsp3) is 0.296. The predicted molar refractivity (Wildman–Crippen MR) is 131 cm³/mol. The van der Waals surface area contributed by atoms with Gasteiger partial charge in [0.15, 0.2) is 24.2 Å². The van der Waals surface area contributed by atoms with Gasteiger partial charge in [-0.1, -0.05) is 12.1 Å². The molecule has 0 unspecified atom stereocenters. The van der Waals surface area contributed by atoms with E-state index < -0.39 is 18.5 Å². The van der Waals surface area contributed by atoms with Gasteiger partial charge in [-0.15, -0.1) is 0 Å². The van der Waals surface area contributed by atoms with Gasteiger partial charge in [0.05, 0.1) is 13.7 Å². The standard InChI is InChI=1S/C27H28N2O7/c1-17-12-22(18(2)29(17)14-21-15-34-24-6-4-5-7-25(24)36-21)23(30)16-35-26(31)13-28-27(32)19-8-10-20(33-3)11-9-19/h4-12,21H,13-16H2,1-3H3,(H,28,32)/t21-/m0/s1. The van der Waals surface area contributed by atoms with Crippen LogP contribution in [0.4, 0.5) is 0 Å². The first-order valence-electron chi connectivity index (χ1n) is 11.5. The molecule has 0 bridgehead atoms. The van der Waals surface area contributed by atoms with Crippen LogP contribution in [-0.4, -0.2) is 55.2 Å². The number of fused-ring (bicyclic) bond motifs is 1. The van der Waals surface area contributed by atoms with Crippen molar-refractivity contribution in [1.29, 1.82) is 0 Å². The van der Waals surface area contributed by atoms with Gasteiger partial charge in [-0.3, -0.25) is 14.4 Å². The Kier molecular flexibility index (Phi) is 7.58. The van der Waals surface area contributed by atoms with Crippen LogP contribution in [0, 0.1) is 13.8 Å². The molecule has 0 spiro atoms. The maximum atomic E-state index is 12.8. The zero-order valence-electron chi connectivity index (χ0n) is 20.4. The van der Waals surface area contributed by atoms with E-state index in [1.807, 2.05) is 42.7 Å². The molecule has 1 amide bonds. The molecule has 0 radical (unpaired) electrons. The lowest BCUT2D eigenvalue weighted by Crippen LogP contribution is -2.33. The highest BCUT2D eigenvalue weighted by atomic mass is 16.6. The Hall–Kier alpha value is -4.27. The number of nitrogens with zero attached hydrogens (tertiary/aromatic N) is 1. The van der Waals surface area contributed by atoms with Crippen LogP contribution in [0.3, 0.4) is 0 Å². The van der Waals surface area contributed by atoms with Crippen LogP contribution in [-0.2, 0) is 16.1 Å². The van der Waals surface area contributed by atoms with E-state index in [0.717, 1.165) is 11.4 Å². The van der Waals surface area contributed by atoms with E-state index >= 15 is 0 Å². The Morgan fingerprint density at radius 2 is 1.78 bits per heavy atom. The number of esters is 1. The third-order valence-corrected chi connectivity index (χ3v) is 5.94. The summed E-state index contributed by atoms with van der Waals surface area (Å²) in [5, 5.41) is 2.48. The van der Waals surface area contributed by atoms with Crippen LogP contribution in [0.15, 0.2) is 54.6 Å². The zero-order chi connectivity index (χ0) is 25.7. The molecular weight excluding hydrogens is 464 g/mol. The number of nitrogens with one attached hydrogen (secondary N) is 1. The van der Waals surface area contributed by atoms with E-state index in [0.29, 0.717) is 41.5 Å². The molecule has 9 nitrogen and oxygen atoms in total. The normalized spacial score (nSPS) is 14.1. The van der Waals surface area contributed by atoms with Gasteiger partial charge in [-0.25, -0.2) is 0 Å². The molecule has 4 rings (SSSR count). The van der Waals surface area contributed by atoms with Gasteiger partial charge in [0, 0.05) is 22.5 Å². The summed E-state index contributed by atoms with van der Waals surface area (Å²) >= 11 is 0. The number of carbonyl (C=O) groups is 3. The molecule has 1 aliphatic heterocycles. The highest BCUT2D eigenvalue weighted by molar-refractivity contribution is 6.00. The van der Waals surface area contributed by atoms with E-state index in [4.69, 9.17) is 18.9 Å². The van der Waals surface area contributed by atoms with Crippen LogP contribution < -0.4 is 19.5 Å². The summed E-state index contributed by atoms with van der Waals surface area (Å²) in [6, 6.07) is 15.7. The third-order valence-electron chi connectivity index (χ3n) is 5.94. The Balaban J connectivity index is 1.28.